The van der Waals surface area contributed by atoms with Gasteiger partial charge in [0.2, 0.25) is 0 Å². The van der Waals surface area contributed by atoms with Gasteiger partial charge in [-0.3, -0.25) is 0 Å². The van der Waals surface area contributed by atoms with E-state index in [1.807, 2.05) is 0 Å². The van der Waals surface area contributed by atoms with Crippen LogP contribution in [0, 0.1) is 0 Å². The fourth-order valence-electron chi connectivity index (χ4n) is 0. The molecule has 0 saturated carbocycles. The third kappa shape index (κ3) is 3.37. The Kier molecular flexibility index (Phi) is 5.86. The Morgan fingerprint density at radius 3 is 1.25 bits per heavy atom. The molecule has 0 radical (unpaired) electrons. The first-order chi connectivity index (χ1) is 1.91. The van der Waals surface area contributed by atoms with Gasteiger partial charge >= 0.3 is 56.1 Å². The fraction of sp³-hybridized carbons (Fsp3) is 0. The molecule has 0 aromatic carbocycles. The van der Waals surface area contributed by atoms with E-state index < -0.39 is 0 Å². The molecule has 0 bridgehead atoms. The van der Waals surface area contributed by atoms with Gasteiger partial charge in [-0.2, -0.15) is 0 Å². The molecule has 0 atom stereocenters. The van der Waals surface area contributed by atoms with Gasteiger partial charge in [-0.15, -0.1) is 0 Å². The second kappa shape index (κ2) is 4.37. The van der Waals surface area contributed by atoms with Gasteiger partial charge < -0.3 is 0 Å². The second-order valence-corrected chi connectivity index (χ2v) is 1.18. The Morgan fingerprint density at radius 1 is 1.00 bits per heavy atom. The van der Waals surface area contributed by atoms with Crippen molar-refractivity contribution in [3.8, 4) is 0 Å². The van der Waals surface area contributed by atoms with Crippen molar-refractivity contribution in [3.05, 3.63) is 0 Å². The van der Waals surface area contributed by atoms with Crippen molar-refractivity contribution >= 4 is 0 Å². The number of nitrogens with zero attached hydrogens (tertiary/aromatic N) is 2. The molecule has 0 rings (SSSR count). The Labute approximate surface area is 55.6 Å². The van der Waals surface area contributed by atoms with Crippen LogP contribution in [-0.4, -0.2) is 0 Å². The van der Waals surface area contributed by atoms with Crippen LogP contribution in [0.3, 0.4) is 0 Å². The molecule has 0 aliphatic carbocycles. The van der Waals surface area contributed by atoms with Crippen molar-refractivity contribution in [1.29, 1.82) is 0 Å². The molecular formula is N2Zr2. The molecule has 0 amide bonds. The second-order valence-electron chi connectivity index (χ2n) is 0.200. The van der Waals surface area contributed by atoms with E-state index in [0.29, 0.717) is 0 Å². The van der Waals surface area contributed by atoms with Crippen molar-refractivity contribution < 1.29 is 50.0 Å². The van der Waals surface area contributed by atoms with Crippen LogP contribution in [0.25, 0.3) is 0 Å². The SMILES string of the molecule is [Zr][N]=[N][Zr]. The molecule has 4 heavy (non-hydrogen) atoms. The molecule has 2 nitrogen and oxygen atoms in total. The summed E-state index contributed by atoms with van der Waals surface area (Å²) < 4.78 is 6.98. The zero-order chi connectivity index (χ0) is 3.41. The summed E-state index contributed by atoms with van der Waals surface area (Å²) >= 11 is 2.30. The number of hydrogen-bond donors (Lipinski definition) is 0. The van der Waals surface area contributed by atoms with Gasteiger partial charge in [-0.25, -0.2) is 0 Å². The van der Waals surface area contributed by atoms with E-state index in [0.717, 1.165) is 50.0 Å². The van der Waals surface area contributed by atoms with Gasteiger partial charge in [-0.1, -0.05) is 0 Å². The first kappa shape index (κ1) is 5.37. The maximum atomic E-state index is 3.49. The molecule has 0 saturated heterocycles. The van der Waals surface area contributed by atoms with Crippen LogP contribution in [0.2, 0.25) is 0 Å². The topological polar surface area (TPSA) is 24.7 Å². The molecular weight excluding hydrogens is 210 g/mol. The molecule has 0 unspecified atom stereocenters. The molecule has 0 aromatic heterocycles. The summed E-state index contributed by atoms with van der Waals surface area (Å²) in [6.45, 7) is 0. The standard InChI is InChI=1S/N2.2Zr/c1-2;;/q-2;2*+1. The third-order valence-electron chi connectivity index (χ3n) is 0.0500. The van der Waals surface area contributed by atoms with Crippen molar-refractivity contribution in [3.63, 3.8) is 0 Å². The van der Waals surface area contributed by atoms with E-state index in [9.17, 15) is 0 Å². The van der Waals surface area contributed by atoms with E-state index in [4.69, 9.17) is 0 Å². The summed E-state index contributed by atoms with van der Waals surface area (Å²) in [6, 6.07) is 0. The van der Waals surface area contributed by atoms with Gasteiger partial charge in [0.25, 0.3) is 0 Å². The Hall–Kier alpha value is 1.37. The molecule has 4 heteroatoms. The van der Waals surface area contributed by atoms with Crippen LogP contribution in [0.15, 0.2) is 6.12 Å². The van der Waals surface area contributed by atoms with Crippen LogP contribution >= 0.6 is 0 Å². The summed E-state index contributed by atoms with van der Waals surface area (Å²) in [4.78, 5) is 0. The molecule has 0 heterocycles. The van der Waals surface area contributed by atoms with Gasteiger partial charge in [0, 0.05) is 0 Å². The summed E-state index contributed by atoms with van der Waals surface area (Å²) in [5.74, 6) is 0. The molecule has 0 aromatic rings. The summed E-state index contributed by atoms with van der Waals surface area (Å²) in [7, 11) is 0. The molecule has 0 aliphatic heterocycles. The van der Waals surface area contributed by atoms with E-state index in [1.54, 1.807) is 0 Å². The minimum absolute atomic E-state index is 1.15. The van der Waals surface area contributed by atoms with Gasteiger partial charge in [0.15, 0.2) is 0 Å². The molecule has 0 N–H and O–H groups in total. The molecule has 0 spiro atoms. The van der Waals surface area contributed by atoms with Crippen LogP contribution in [0.4, 0.5) is 0 Å². The first-order valence-corrected chi connectivity index (χ1v) is 2.85. The summed E-state index contributed by atoms with van der Waals surface area (Å²) in [6.07, 6.45) is 0. The summed E-state index contributed by atoms with van der Waals surface area (Å²) in [5.41, 5.74) is 0. The normalized spacial score (nSPS) is 8.50. The first-order valence-electron chi connectivity index (χ1n) is 0.647. The van der Waals surface area contributed by atoms with Crippen LogP contribution < -0.4 is 0 Å². The van der Waals surface area contributed by atoms with Crippen LogP contribution in [0.1, 0.15) is 0 Å². The quantitative estimate of drug-likeness (QED) is 0.516. The Morgan fingerprint density at radius 2 is 1.25 bits per heavy atom. The predicted octanol–water partition coefficient (Wildman–Crippen LogP) is 0.362. The predicted molar refractivity (Wildman–Crippen MR) is 4.86 cm³/mol. The van der Waals surface area contributed by atoms with Gasteiger partial charge in [-0.05, 0) is 0 Å². The van der Waals surface area contributed by atoms with E-state index in [1.165, 1.54) is 0 Å². The zero-order valence-corrected chi connectivity index (χ0v) is 6.81. The third-order valence-corrected chi connectivity index (χ3v) is 1.75. The van der Waals surface area contributed by atoms with Crippen LogP contribution in [0.5, 0.6) is 0 Å². The van der Waals surface area contributed by atoms with Crippen molar-refractivity contribution in [2.75, 3.05) is 0 Å². The molecule has 18 valence electrons. The van der Waals surface area contributed by atoms with E-state index >= 15 is 0 Å². The van der Waals surface area contributed by atoms with Crippen molar-refractivity contribution in [2.45, 2.75) is 0 Å². The van der Waals surface area contributed by atoms with E-state index in [-0.39, 0.29) is 0 Å². The van der Waals surface area contributed by atoms with Gasteiger partial charge in [0.1, 0.15) is 0 Å². The number of rotatable bonds is 0. The zero-order valence-electron chi connectivity index (χ0n) is 1.89. The van der Waals surface area contributed by atoms with Crippen molar-refractivity contribution in [2.24, 2.45) is 6.12 Å². The average Bonchev–Trinajstić information content (AvgIpc) is 1.37. The monoisotopic (exact) mass is 208 g/mol. The molecule has 0 fully saturated rings. The Bertz CT molecular complexity index is 19.2. The maximum absolute atomic E-state index is 3.49. The van der Waals surface area contributed by atoms with Crippen molar-refractivity contribution in [1.82, 2.24) is 0 Å². The molecule has 0 aliphatic rings. The Balaban J connectivity index is 2.55. The fourth-order valence-corrected chi connectivity index (χ4v) is 0. The van der Waals surface area contributed by atoms with Crippen LogP contribution in [-0.2, 0) is 50.0 Å². The van der Waals surface area contributed by atoms with Gasteiger partial charge in [0.05, 0.1) is 0 Å². The number of hydrogen-bond acceptors (Lipinski definition) is 2. The minimum atomic E-state index is 1.15. The van der Waals surface area contributed by atoms with E-state index in [2.05, 4.69) is 6.12 Å². The summed E-state index contributed by atoms with van der Waals surface area (Å²) in [5, 5.41) is 0. The average molecular weight is 210 g/mol.